The second kappa shape index (κ2) is 6.44. The molecular weight excluding hydrogens is 355 g/mol. The summed E-state index contributed by atoms with van der Waals surface area (Å²) in [6.07, 6.45) is -3.21. The van der Waals surface area contributed by atoms with Gasteiger partial charge in [-0.15, -0.1) is 0 Å². The molecule has 25 heavy (non-hydrogen) atoms. The number of carboxylic acid groups (broad SMARTS) is 1. The van der Waals surface area contributed by atoms with Gasteiger partial charge in [0, 0.05) is 28.0 Å². The number of aliphatic carboxylic acids is 1. The van der Waals surface area contributed by atoms with Crippen LogP contribution in [0.5, 0.6) is 0 Å². The number of aromatic amines is 1. The van der Waals surface area contributed by atoms with E-state index in [-0.39, 0.29) is 12.0 Å². The summed E-state index contributed by atoms with van der Waals surface area (Å²) >= 11 is 6.01. The summed E-state index contributed by atoms with van der Waals surface area (Å²) < 4.78 is 39.0. The average Bonchev–Trinajstić information content (AvgIpc) is 2.94. The van der Waals surface area contributed by atoms with Gasteiger partial charge in [-0.25, -0.2) is 0 Å². The zero-order valence-corrected chi connectivity index (χ0v) is 13.5. The van der Waals surface area contributed by atoms with Crippen molar-refractivity contribution in [3.8, 4) is 0 Å². The van der Waals surface area contributed by atoms with Gasteiger partial charge in [-0.3, -0.25) is 4.79 Å². The summed E-state index contributed by atoms with van der Waals surface area (Å²) in [5, 5.41) is 10.4. The van der Waals surface area contributed by atoms with Crippen molar-refractivity contribution in [3.05, 3.63) is 70.4 Å². The van der Waals surface area contributed by atoms with Crippen LogP contribution in [0.3, 0.4) is 0 Å². The lowest BCUT2D eigenvalue weighted by Gasteiger charge is -2.17. The topological polar surface area (TPSA) is 53.1 Å². The molecule has 3 rings (SSSR count). The Morgan fingerprint density at radius 3 is 2.64 bits per heavy atom. The van der Waals surface area contributed by atoms with Gasteiger partial charge in [-0.05, 0) is 35.4 Å². The largest absolute Gasteiger partial charge is 0.481 e. The van der Waals surface area contributed by atoms with Crippen LogP contribution in [0.25, 0.3) is 10.9 Å². The van der Waals surface area contributed by atoms with Crippen LogP contribution in [-0.4, -0.2) is 16.1 Å². The van der Waals surface area contributed by atoms with Crippen molar-refractivity contribution in [1.29, 1.82) is 0 Å². The van der Waals surface area contributed by atoms with Crippen LogP contribution in [0.1, 0.15) is 29.0 Å². The molecule has 0 aliphatic rings. The molecule has 0 aliphatic heterocycles. The maximum atomic E-state index is 13.0. The van der Waals surface area contributed by atoms with Crippen molar-refractivity contribution in [2.24, 2.45) is 0 Å². The van der Waals surface area contributed by atoms with Gasteiger partial charge in [0.2, 0.25) is 0 Å². The van der Waals surface area contributed by atoms with Gasteiger partial charge in [0.15, 0.2) is 0 Å². The van der Waals surface area contributed by atoms with Crippen LogP contribution < -0.4 is 0 Å². The molecule has 0 aliphatic carbocycles. The highest BCUT2D eigenvalue weighted by Gasteiger charge is 2.31. The molecule has 0 bridgehead atoms. The van der Waals surface area contributed by atoms with Gasteiger partial charge in [-0.2, -0.15) is 13.2 Å². The molecule has 0 fully saturated rings. The van der Waals surface area contributed by atoms with E-state index in [1.807, 2.05) is 0 Å². The van der Waals surface area contributed by atoms with Crippen LogP contribution in [0, 0.1) is 0 Å². The first-order chi connectivity index (χ1) is 11.8. The van der Waals surface area contributed by atoms with Crippen molar-refractivity contribution < 1.29 is 23.1 Å². The Hall–Kier alpha value is -2.47. The molecule has 1 atom stereocenters. The van der Waals surface area contributed by atoms with E-state index in [9.17, 15) is 23.1 Å². The number of fused-ring (bicyclic) bond motifs is 1. The van der Waals surface area contributed by atoms with Gasteiger partial charge in [-0.1, -0.05) is 29.8 Å². The fourth-order valence-electron chi connectivity index (χ4n) is 2.92. The van der Waals surface area contributed by atoms with Gasteiger partial charge in [0.25, 0.3) is 0 Å². The summed E-state index contributed by atoms with van der Waals surface area (Å²) in [5.41, 5.74) is 0.817. The lowest BCUT2D eigenvalue weighted by Crippen LogP contribution is -2.10. The smallest absolute Gasteiger partial charge is 0.416 e. The van der Waals surface area contributed by atoms with Gasteiger partial charge in [0.05, 0.1) is 12.0 Å². The number of carbonyl (C=O) groups is 1. The number of hydrogen-bond donors (Lipinski definition) is 2. The number of nitrogens with one attached hydrogen (secondary N) is 1. The van der Waals surface area contributed by atoms with E-state index in [0.29, 0.717) is 16.0 Å². The number of H-pyrrole nitrogens is 1. The van der Waals surface area contributed by atoms with Gasteiger partial charge >= 0.3 is 12.1 Å². The molecular formula is C18H13ClF3NO2. The fourth-order valence-corrected chi connectivity index (χ4v) is 3.09. The highest BCUT2D eigenvalue weighted by molar-refractivity contribution is 6.31. The molecule has 2 N–H and O–H groups in total. The molecule has 1 aromatic heterocycles. The zero-order valence-electron chi connectivity index (χ0n) is 12.8. The first-order valence-corrected chi connectivity index (χ1v) is 7.79. The van der Waals surface area contributed by atoms with E-state index in [0.717, 1.165) is 17.6 Å². The van der Waals surface area contributed by atoms with Crippen molar-refractivity contribution in [1.82, 2.24) is 4.98 Å². The van der Waals surface area contributed by atoms with Crippen LogP contribution in [-0.2, 0) is 11.0 Å². The second-order valence-corrected chi connectivity index (χ2v) is 6.14. The molecule has 0 amide bonds. The van der Waals surface area contributed by atoms with Crippen LogP contribution in [0.15, 0.2) is 48.7 Å². The summed E-state index contributed by atoms with van der Waals surface area (Å²) in [6, 6.07) is 9.85. The van der Waals surface area contributed by atoms with Crippen LogP contribution >= 0.6 is 11.6 Å². The average molecular weight is 368 g/mol. The number of carboxylic acids is 1. The predicted molar refractivity (Wildman–Crippen MR) is 88.8 cm³/mol. The molecule has 2 aromatic carbocycles. The lowest BCUT2D eigenvalue weighted by molar-refractivity contribution is -0.138. The summed E-state index contributed by atoms with van der Waals surface area (Å²) in [5.74, 6) is -1.83. The van der Waals surface area contributed by atoms with E-state index in [4.69, 9.17) is 11.6 Å². The van der Waals surface area contributed by atoms with Crippen LogP contribution in [0.4, 0.5) is 13.2 Å². The Bertz CT molecular complexity index is 933. The molecule has 1 heterocycles. The molecule has 0 radical (unpaired) electrons. The fraction of sp³-hybridized carbons (Fsp3) is 0.167. The van der Waals surface area contributed by atoms with Gasteiger partial charge in [0.1, 0.15) is 0 Å². The Labute approximate surface area is 146 Å². The van der Waals surface area contributed by atoms with Crippen molar-refractivity contribution in [3.63, 3.8) is 0 Å². The number of rotatable bonds is 4. The Morgan fingerprint density at radius 2 is 1.96 bits per heavy atom. The third kappa shape index (κ3) is 3.64. The van der Waals surface area contributed by atoms with Crippen molar-refractivity contribution in [2.45, 2.75) is 18.5 Å². The third-order valence-electron chi connectivity index (χ3n) is 4.05. The van der Waals surface area contributed by atoms with E-state index in [2.05, 4.69) is 4.98 Å². The Balaban J connectivity index is 2.15. The molecule has 3 aromatic rings. The molecule has 3 nitrogen and oxygen atoms in total. The number of hydrogen-bond acceptors (Lipinski definition) is 1. The minimum absolute atomic E-state index is 0.290. The van der Waals surface area contributed by atoms with Crippen molar-refractivity contribution in [2.75, 3.05) is 0 Å². The maximum Gasteiger partial charge on any atom is 0.416 e. The summed E-state index contributed by atoms with van der Waals surface area (Å²) in [6.45, 7) is 0. The number of alkyl halides is 3. The normalized spacial score (nSPS) is 13.1. The quantitative estimate of drug-likeness (QED) is 0.644. The van der Waals surface area contributed by atoms with E-state index in [1.54, 1.807) is 24.4 Å². The molecule has 0 unspecified atom stereocenters. The Morgan fingerprint density at radius 1 is 1.20 bits per heavy atom. The number of aromatic nitrogens is 1. The van der Waals surface area contributed by atoms with E-state index < -0.39 is 23.6 Å². The molecule has 7 heteroatoms. The first kappa shape index (κ1) is 17.4. The summed E-state index contributed by atoms with van der Waals surface area (Å²) in [4.78, 5) is 14.3. The van der Waals surface area contributed by atoms with Crippen LogP contribution in [0.2, 0.25) is 5.02 Å². The SMILES string of the molecule is O=C(O)C[C@@H](c1cccc(C(F)(F)F)c1)c1c[nH]c2ccc(Cl)cc12. The first-order valence-electron chi connectivity index (χ1n) is 7.41. The predicted octanol–water partition coefficient (Wildman–Crippen LogP) is 5.45. The maximum absolute atomic E-state index is 13.0. The summed E-state index contributed by atoms with van der Waals surface area (Å²) in [7, 11) is 0. The van der Waals surface area contributed by atoms with E-state index in [1.165, 1.54) is 12.1 Å². The number of benzene rings is 2. The van der Waals surface area contributed by atoms with E-state index >= 15 is 0 Å². The highest BCUT2D eigenvalue weighted by Crippen LogP contribution is 2.37. The third-order valence-corrected chi connectivity index (χ3v) is 4.28. The molecule has 0 saturated heterocycles. The molecule has 130 valence electrons. The lowest BCUT2D eigenvalue weighted by atomic mass is 9.87. The monoisotopic (exact) mass is 367 g/mol. The molecule has 0 spiro atoms. The standard InChI is InChI=1S/C18H13ClF3NO2/c19-12-4-5-16-14(7-12)15(9-23-16)13(8-17(24)25)10-2-1-3-11(6-10)18(20,21)22/h1-7,9,13,23H,8H2,(H,24,25)/t13-/m0/s1. The zero-order chi connectivity index (χ0) is 18.2. The second-order valence-electron chi connectivity index (χ2n) is 5.71. The molecule has 0 saturated carbocycles. The minimum Gasteiger partial charge on any atom is -0.481 e. The number of halogens is 4. The minimum atomic E-state index is -4.49. The highest BCUT2D eigenvalue weighted by atomic mass is 35.5. The van der Waals surface area contributed by atoms with Gasteiger partial charge < -0.3 is 10.1 Å². The Kier molecular flexibility index (Phi) is 4.47. The van der Waals surface area contributed by atoms with Crippen molar-refractivity contribution >= 4 is 28.5 Å².